The van der Waals surface area contributed by atoms with Gasteiger partial charge in [0.2, 0.25) is 11.6 Å². The van der Waals surface area contributed by atoms with Gasteiger partial charge in [0.15, 0.2) is 23.0 Å². The van der Waals surface area contributed by atoms with E-state index in [1.165, 1.54) is 0 Å². The zero-order valence-electron chi connectivity index (χ0n) is 19.2. The Bertz CT molecular complexity index is 1330. The molecule has 6 heteroatoms. The minimum absolute atomic E-state index is 0.357. The second kappa shape index (κ2) is 7.22. The average Bonchev–Trinajstić information content (AvgIpc) is 2.86. The Morgan fingerprint density at radius 3 is 0.882 bits per heavy atom. The van der Waals surface area contributed by atoms with Gasteiger partial charge in [-0.15, -0.1) is 0 Å². The highest BCUT2D eigenvalue weighted by Gasteiger charge is 2.49. The number of carbonyl (C=O) groups is 2. The summed E-state index contributed by atoms with van der Waals surface area (Å²) in [5.74, 6) is 0.498. The molecule has 0 heterocycles. The monoisotopic (exact) mass is 454 g/mol. The predicted octanol–water partition coefficient (Wildman–Crippen LogP) is 4.76. The van der Waals surface area contributed by atoms with Crippen LogP contribution in [0.1, 0.15) is 34.1 Å². The molecule has 0 radical (unpaired) electrons. The molecule has 0 unspecified atom stereocenters. The summed E-state index contributed by atoms with van der Waals surface area (Å²) < 4.78 is 21.9. The second-order valence-corrected chi connectivity index (χ2v) is 8.67. The minimum atomic E-state index is -0.627. The quantitative estimate of drug-likeness (QED) is 0.414. The molecule has 0 atom stereocenters. The number of ketones is 2. The molecule has 34 heavy (non-hydrogen) atoms. The normalized spacial score (nSPS) is 18.1. The van der Waals surface area contributed by atoms with Gasteiger partial charge in [0.05, 0.1) is 40.3 Å². The van der Waals surface area contributed by atoms with Crippen LogP contribution in [-0.2, 0) is 9.59 Å². The zero-order valence-corrected chi connectivity index (χ0v) is 19.2. The minimum Gasteiger partial charge on any atom is -0.493 e. The van der Waals surface area contributed by atoms with Gasteiger partial charge >= 0.3 is 0 Å². The molecule has 0 amide bonds. The maximum absolute atomic E-state index is 13.2. The van der Waals surface area contributed by atoms with E-state index in [4.69, 9.17) is 18.9 Å². The molecule has 0 aromatic heterocycles. The van der Waals surface area contributed by atoms with Crippen LogP contribution in [0.5, 0.6) is 23.0 Å². The predicted molar refractivity (Wildman–Crippen MR) is 128 cm³/mol. The van der Waals surface area contributed by atoms with E-state index >= 15 is 0 Å². The number of ether oxygens (including phenoxy) is 4. The van der Waals surface area contributed by atoms with Crippen molar-refractivity contribution >= 4 is 33.1 Å². The fourth-order valence-corrected chi connectivity index (χ4v) is 5.51. The highest BCUT2D eigenvalue weighted by Crippen LogP contribution is 2.52. The van der Waals surface area contributed by atoms with Crippen molar-refractivity contribution in [2.45, 2.75) is 11.8 Å². The largest absolute Gasteiger partial charge is 0.493 e. The zero-order chi connectivity index (χ0) is 23.7. The summed E-state index contributed by atoms with van der Waals surface area (Å²) in [6.45, 7) is 0. The fraction of sp³-hybridized carbons (Fsp3) is 0.214. The van der Waals surface area contributed by atoms with Gasteiger partial charge in [0.1, 0.15) is 0 Å². The van der Waals surface area contributed by atoms with E-state index in [0.717, 1.165) is 43.8 Å². The third-order valence-corrected chi connectivity index (χ3v) is 7.10. The number of hydrogen-bond acceptors (Lipinski definition) is 6. The van der Waals surface area contributed by atoms with Gasteiger partial charge in [0.25, 0.3) is 0 Å². The Hall–Kier alpha value is -4.06. The molecule has 0 saturated carbocycles. The number of fused-ring (bicyclic) bond motifs is 3. The van der Waals surface area contributed by atoms with Crippen LogP contribution in [0.3, 0.4) is 0 Å². The molecule has 0 aliphatic heterocycles. The Kier molecular flexibility index (Phi) is 4.36. The van der Waals surface area contributed by atoms with E-state index in [9.17, 15) is 9.59 Å². The van der Waals surface area contributed by atoms with Crippen molar-refractivity contribution in [1.29, 1.82) is 0 Å². The average molecular weight is 454 g/mol. The van der Waals surface area contributed by atoms with E-state index < -0.39 is 11.8 Å². The van der Waals surface area contributed by atoms with E-state index in [-0.39, 0.29) is 11.6 Å². The Balaban J connectivity index is 1.63. The van der Waals surface area contributed by atoms with Gasteiger partial charge in [-0.1, -0.05) is 0 Å². The van der Waals surface area contributed by atoms with Crippen molar-refractivity contribution in [1.82, 2.24) is 0 Å². The lowest BCUT2D eigenvalue weighted by Gasteiger charge is -2.38. The van der Waals surface area contributed by atoms with Gasteiger partial charge < -0.3 is 18.9 Å². The highest BCUT2D eigenvalue weighted by atomic mass is 16.5. The standard InChI is InChI=1S/C28H22O6/c1-31-21-9-13-5-17-18(6-14(13)10-22(21)32-2)26-20-8-16-12-24(34-4)23(33-3)11-15(16)7-19(20)25(17)27(29)28(26)30/h5-12,25-26H,1-4H3. The third-order valence-electron chi connectivity index (χ3n) is 7.10. The molecular weight excluding hydrogens is 432 g/mol. The summed E-state index contributed by atoms with van der Waals surface area (Å²) in [6.07, 6.45) is 0. The lowest BCUT2D eigenvalue weighted by Crippen LogP contribution is -2.40. The van der Waals surface area contributed by atoms with Crippen molar-refractivity contribution < 1.29 is 28.5 Å². The summed E-state index contributed by atoms with van der Waals surface area (Å²) in [7, 11) is 6.38. The first-order valence-corrected chi connectivity index (χ1v) is 11.0. The van der Waals surface area contributed by atoms with Crippen molar-refractivity contribution in [2.75, 3.05) is 28.4 Å². The summed E-state index contributed by atoms with van der Waals surface area (Å²) in [5.41, 5.74) is 3.51. The van der Waals surface area contributed by atoms with Crippen LogP contribution in [0.4, 0.5) is 0 Å². The first-order valence-electron chi connectivity index (χ1n) is 11.0. The Morgan fingerprint density at radius 1 is 0.441 bits per heavy atom. The van der Waals surface area contributed by atoms with Crippen molar-refractivity contribution in [3.63, 3.8) is 0 Å². The van der Waals surface area contributed by atoms with Crippen molar-refractivity contribution in [3.8, 4) is 23.0 Å². The van der Waals surface area contributed by atoms with Crippen LogP contribution in [0.25, 0.3) is 21.5 Å². The molecule has 3 aliphatic rings. The van der Waals surface area contributed by atoms with Gasteiger partial charge in [-0.05, 0) is 92.3 Å². The molecule has 0 fully saturated rings. The summed E-state index contributed by atoms with van der Waals surface area (Å²) in [5, 5.41) is 3.71. The molecule has 0 spiro atoms. The number of methoxy groups -OCH3 is 4. The maximum Gasteiger partial charge on any atom is 0.211 e. The lowest BCUT2D eigenvalue weighted by molar-refractivity contribution is -0.138. The molecule has 2 bridgehead atoms. The van der Waals surface area contributed by atoms with Crippen LogP contribution in [-0.4, -0.2) is 40.0 Å². The number of benzene rings is 4. The van der Waals surface area contributed by atoms with E-state index in [2.05, 4.69) is 0 Å². The topological polar surface area (TPSA) is 71.1 Å². The lowest BCUT2D eigenvalue weighted by atomic mass is 9.62. The van der Waals surface area contributed by atoms with Gasteiger partial charge in [-0.2, -0.15) is 0 Å². The molecule has 4 aromatic rings. The van der Waals surface area contributed by atoms with Crippen LogP contribution in [0.2, 0.25) is 0 Å². The van der Waals surface area contributed by atoms with E-state index in [1.54, 1.807) is 28.4 Å². The molecule has 3 aliphatic carbocycles. The van der Waals surface area contributed by atoms with Crippen LogP contribution < -0.4 is 18.9 Å². The van der Waals surface area contributed by atoms with Crippen molar-refractivity contribution in [3.05, 3.63) is 70.8 Å². The molecule has 170 valence electrons. The Morgan fingerprint density at radius 2 is 0.676 bits per heavy atom. The van der Waals surface area contributed by atoms with Crippen LogP contribution in [0.15, 0.2) is 48.5 Å². The summed E-state index contributed by atoms with van der Waals surface area (Å²) in [4.78, 5) is 26.4. The molecule has 6 nitrogen and oxygen atoms in total. The number of rotatable bonds is 4. The van der Waals surface area contributed by atoms with Crippen LogP contribution in [0, 0.1) is 0 Å². The Labute approximate surface area is 196 Å². The highest BCUT2D eigenvalue weighted by molar-refractivity contribution is 6.45. The number of carbonyl (C=O) groups excluding carboxylic acids is 2. The smallest absolute Gasteiger partial charge is 0.211 e. The first kappa shape index (κ1) is 20.5. The van der Waals surface area contributed by atoms with E-state index in [0.29, 0.717) is 23.0 Å². The number of hydrogen-bond donors (Lipinski definition) is 0. The molecule has 4 aromatic carbocycles. The summed E-state index contributed by atoms with van der Waals surface area (Å²) in [6, 6.07) is 15.7. The maximum atomic E-state index is 13.2. The second-order valence-electron chi connectivity index (χ2n) is 8.67. The first-order chi connectivity index (χ1) is 16.5. The number of Topliss-reactive ketones (excluding diaryl/α,β-unsaturated/α-hetero) is 2. The summed E-state index contributed by atoms with van der Waals surface area (Å²) >= 11 is 0. The molecule has 0 N–H and O–H groups in total. The van der Waals surface area contributed by atoms with Crippen LogP contribution >= 0.6 is 0 Å². The molecular formula is C28H22O6. The van der Waals surface area contributed by atoms with Crippen molar-refractivity contribution in [2.24, 2.45) is 0 Å². The fourth-order valence-electron chi connectivity index (χ4n) is 5.51. The van der Waals surface area contributed by atoms with Gasteiger partial charge in [0, 0.05) is 0 Å². The van der Waals surface area contributed by atoms with E-state index in [1.807, 2.05) is 48.5 Å². The molecule has 7 rings (SSSR count). The van der Waals surface area contributed by atoms with Gasteiger partial charge in [-0.25, -0.2) is 0 Å². The molecule has 0 saturated heterocycles. The SMILES string of the molecule is COc1cc2cc3c(cc2cc1OC)C1C(=O)C(=O)C3c2cc3cc(OC)c(OC)cc3cc21. The van der Waals surface area contributed by atoms with Gasteiger partial charge in [-0.3, -0.25) is 9.59 Å². The third kappa shape index (κ3) is 2.62.